The van der Waals surface area contributed by atoms with Crippen LogP contribution in [0.15, 0.2) is 5.11 Å². The van der Waals surface area contributed by atoms with Gasteiger partial charge in [-0.25, -0.2) is 9.18 Å². The van der Waals surface area contributed by atoms with E-state index in [1.807, 2.05) is 0 Å². The summed E-state index contributed by atoms with van der Waals surface area (Å²) in [5.41, 5.74) is 7.77. The molecule has 0 N–H and O–H groups in total. The van der Waals surface area contributed by atoms with E-state index in [1.54, 1.807) is 6.92 Å². The zero-order chi connectivity index (χ0) is 8.69. The lowest BCUT2D eigenvalue weighted by Crippen LogP contribution is -2.21. The van der Waals surface area contributed by atoms with E-state index in [9.17, 15) is 9.18 Å². The highest BCUT2D eigenvalue weighted by Crippen LogP contribution is 1.95. The Balaban J connectivity index is 3.72. The number of rotatable bonds is 4. The Kier molecular flexibility index (Phi) is 4.85. The van der Waals surface area contributed by atoms with Crippen molar-refractivity contribution in [3.8, 4) is 0 Å². The number of hydrogen-bond donors (Lipinski definition) is 0. The quantitative estimate of drug-likeness (QED) is 0.269. The summed E-state index contributed by atoms with van der Waals surface area (Å²) in [5, 5.41) is 2.88. The second-order valence-electron chi connectivity index (χ2n) is 1.63. The summed E-state index contributed by atoms with van der Waals surface area (Å²) < 4.78 is 16.7. The summed E-state index contributed by atoms with van der Waals surface area (Å²) in [6, 6.07) is 0. The lowest BCUT2D eigenvalue weighted by atomic mass is 10.4. The van der Waals surface area contributed by atoms with Gasteiger partial charge in [0.05, 0.1) is 13.2 Å². The zero-order valence-electron chi connectivity index (χ0n) is 6.03. The summed E-state index contributed by atoms with van der Waals surface area (Å²) in [4.78, 5) is 12.8. The Morgan fingerprint density at radius 1 is 1.91 bits per heavy atom. The molecule has 0 aliphatic rings. The lowest BCUT2D eigenvalue weighted by Gasteiger charge is -2.02. The molecule has 0 bridgehead atoms. The number of esters is 1. The van der Waals surface area contributed by atoms with Crippen LogP contribution in [0.25, 0.3) is 10.4 Å². The van der Waals surface area contributed by atoms with E-state index in [4.69, 9.17) is 5.53 Å². The molecule has 1 unspecified atom stereocenters. The first-order valence-corrected chi connectivity index (χ1v) is 3.04. The molecule has 6 heteroatoms. The lowest BCUT2D eigenvalue weighted by molar-refractivity contribution is -0.148. The van der Waals surface area contributed by atoms with Crippen molar-refractivity contribution in [2.75, 3.05) is 13.2 Å². The molecule has 1 atom stereocenters. The van der Waals surface area contributed by atoms with E-state index in [1.165, 1.54) is 0 Å². The number of ether oxygens (including phenoxy) is 1. The largest absolute Gasteiger partial charge is 0.464 e. The highest BCUT2D eigenvalue weighted by atomic mass is 19.1. The molecule has 0 heterocycles. The molecular formula is C5H8FN3O2. The second kappa shape index (κ2) is 5.49. The Labute approximate surface area is 62.8 Å². The van der Waals surface area contributed by atoms with Crippen LogP contribution in [0.1, 0.15) is 6.92 Å². The van der Waals surface area contributed by atoms with Gasteiger partial charge in [-0.05, 0) is 12.5 Å². The molecule has 0 aliphatic carbocycles. The van der Waals surface area contributed by atoms with Gasteiger partial charge in [0.15, 0.2) is 0 Å². The fourth-order valence-corrected chi connectivity index (χ4v) is 0.415. The minimum absolute atomic E-state index is 0.121. The SMILES string of the molecule is CCOC(=O)C(F)CN=[N+]=[N-]. The third-order valence-corrected chi connectivity index (χ3v) is 0.848. The summed E-state index contributed by atoms with van der Waals surface area (Å²) in [6.07, 6.45) is -1.84. The van der Waals surface area contributed by atoms with Gasteiger partial charge in [-0.15, -0.1) is 0 Å². The highest BCUT2D eigenvalue weighted by molar-refractivity contribution is 5.74. The van der Waals surface area contributed by atoms with Crippen molar-refractivity contribution in [3.05, 3.63) is 10.4 Å². The number of carbonyl (C=O) groups is 1. The van der Waals surface area contributed by atoms with Crippen LogP contribution in [0.2, 0.25) is 0 Å². The Hall–Kier alpha value is -1.29. The molecular weight excluding hydrogens is 153 g/mol. The predicted molar refractivity (Wildman–Crippen MR) is 35.5 cm³/mol. The zero-order valence-corrected chi connectivity index (χ0v) is 6.03. The van der Waals surface area contributed by atoms with E-state index < -0.39 is 18.7 Å². The molecule has 0 fully saturated rings. The number of azide groups is 1. The predicted octanol–water partition coefficient (Wildman–Crippen LogP) is 1.20. The molecule has 0 amide bonds. The van der Waals surface area contributed by atoms with Crippen LogP contribution in [-0.4, -0.2) is 25.3 Å². The summed E-state index contributed by atoms with van der Waals surface area (Å²) in [7, 11) is 0. The average molecular weight is 161 g/mol. The molecule has 0 saturated carbocycles. The van der Waals surface area contributed by atoms with Crippen molar-refractivity contribution in [1.82, 2.24) is 0 Å². The van der Waals surface area contributed by atoms with Crippen LogP contribution in [0, 0.1) is 0 Å². The maximum Gasteiger partial charge on any atom is 0.340 e. The third kappa shape index (κ3) is 4.16. The van der Waals surface area contributed by atoms with Gasteiger partial charge in [0.25, 0.3) is 0 Å². The maximum atomic E-state index is 12.4. The second-order valence-corrected chi connectivity index (χ2v) is 1.63. The standard InChI is InChI=1S/C5H8FN3O2/c1-2-11-5(10)4(6)3-8-9-7/h4H,2-3H2,1H3. The summed E-state index contributed by atoms with van der Waals surface area (Å²) >= 11 is 0. The molecule has 0 aromatic rings. The van der Waals surface area contributed by atoms with Gasteiger partial charge in [0, 0.05) is 4.91 Å². The molecule has 0 aliphatic heterocycles. The van der Waals surface area contributed by atoms with Crippen LogP contribution in [0.3, 0.4) is 0 Å². The van der Waals surface area contributed by atoms with Crippen molar-refractivity contribution in [3.63, 3.8) is 0 Å². The molecule has 0 spiro atoms. The topological polar surface area (TPSA) is 75.1 Å². The molecule has 0 aromatic carbocycles. The first-order chi connectivity index (χ1) is 5.22. The Morgan fingerprint density at radius 2 is 2.55 bits per heavy atom. The number of hydrogen-bond acceptors (Lipinski definition) is 3. The van der Waals surface area contributed by atoms with Crippen LogP contribution < -0.4 is 0 Å². The summed E-state index contributed by atoms with van der Waals surface area (Å²) in [6.45, 7) is 1.18. The van der Waals surface area contributed by atoms with E-state index in [0.717, 1.165) is 0 Å². The van der Waals surface area contributed by atoms with E-state index in [0.29, 0.717) is 0 Å². The normalized spacial score (nSPS) is 11.5. The van der Waals surface area contributed by atoms with Gasteiger partial charge in [-0.2, -0.15) is 0 Å². The molecule has 11 heavy (non-hydrogen) atoms. The fraction of sp³-hybridized carbons (Fsp3) is 0.800. The Bertz CT molecular complexity index is 179. The first kappa shape index (κ1) is 9.71. The molecule has 5 nitrogen and oxygen atoms in total. The van der Waals surface area contributed by atoms with Gasteiger partial charge in [-0.3, -0.25) is 0 Å². The number of alkyl halides is 1. The van der Waals surface area contributed by atoms with Gasteiger partial charge in [0.2, 0.25) is 6.17 Å². The van der Waals surface area contributed by atoms with Crippen LogP contribution in [-0.2, 0) is 9.53 Å². The highest BCUT2D eigenvalue weighted by Gasteiger charge is 2.16. The smallest absolute Gasteiger partial charge is 0.340 e. The van der Waals surface area contributed by atoms with Crippen LogP contribution in [0.4, 0.5) is 4.39 Å². The first-order valence-electron chi connectivity index (χ1n) is 3.04. The number of halogens is 1. The molecule has 0 rings (SSSR count). The number of nitrogens with zero attached hydrogens (tertiary/aromatic N) is 3. The molecule has 0 saturated heterocycles. The van der Waals surface area contributed by atoms with E-state index in [-0.39, 0.29) is 6.61 Å². The van der Waals surface area contributed by atoms with Gasteiger partial charge in [0.1, 0.15) is 0 Å². The minimum atomic E-state index is -1.84. The minimum Gasteiger partial charge on any atom is -0.464 e. The monoisotopic (exact) mass is 161 g/mol. The third-order valence-electron chi connectivity index (χ3n) is 0.848. The summed E-state index contributed by atoms with van der Waals surface area (Å²) in [5.74, 6) is -0.986. The van der Waals surface area contributed by atoms with Gasteiger partial charge >= 0.3 is 5.97 Å². The maximum absolute atomic E-state index is 12.4. The van der Waals surface area contributed by atoms with Crippen molar-refractivity contribution in [2.45, 2.75) is 13.1 Å². The molecule has 62 valence electrons. The van der Waals surface area contributed by atoms with Crippen LogP contribution in [0.5, 0.6) is 0 Å². The average Bonchev–Trinajstić information content (AvgIpc) is 2.00. The van der Waals surface area contributed by atoms with Crippen LogP contribution >= 0.6 is 0 Å². The van der Waals surface area contributed by atoms with E-state index in [2.05, 4.69) is 14.8 Å². The molecule has 0 aromatic heterocycles. The Morgan fingerprint density at radius 3 is 3.00 bits per heavy atom. The van der Waals surface area contributed by atoms with Crippen molar-refractivity contribution < 1.29 is 13.9 Å². The van der Waals surface area contributed by atoms with Crippen molar-refractivity contribution >= 4 is 5.97 Å². The number of carbonyl (C=O) groups excluding carboxylic acids is 1. The van der Waals surface area contributed by atoms with E-state index >= 15 is 0 Å². The van der Waals surface area contributed by atoms with Gasteiger partial charge < -0.3 is 4.74 Å². The van der Waals surface area contributed by atoms with Crippen molar-refractivity contribution in [2.24, 2.45) is 5.11 Å². The van der Waals surface area contributed by atoms with Gasteiger partial charge in [-0.1, -0.05) is 5.11 Å². The molecule has 0 radical (unpaired) electrons. The van der Waals surface area contributed by atoms with Crippen molar-refractivity contribution in [1.29, 1.82) is 0 Å². The fourth-order valence-electron chi connectivity index (χ4n) is 0.415.